The Morgan fingerprint density at radius 2 is 2.00 bits per heavy atom. The summed E-state index contributed by atoms with van der Waals surface area (Å²) in [6, 6.07) is 9.74. The lowest BCUT2D eigenvalue weighted by Gasteiger charge is -2.18. The maximum atomic E-state index is 12.3. The summed E-state index contributed by atoms with van der Waals surface area (Å²) in [5.74, 6) is -0.497. The van der Waals surface area contributed by atoms with Crippen molar-refractivity contribution in [3.63, 3.8) is 0 Å². The first-order chi connectivity index (χ1) is 13.0. The zero-order valence-electron chi connectivity index (χ0n) is 14.7. The average molecular weight is 394 g/mol. The van der Waals surface area contributed by atoms with Gasteiger partial charge >= 0.3 is 6.61 Å². The summed E-state index contributed by atoms with van der Waals surface area (Å²) < 4.78 is 28.5. The zero-order valence-corrected chi connectivity index (χ0v) is 15.5. The van der Waals surface area contributed by atoms with Gasteiger partial charge in [-0.3, -0.25) is 9.59 Å². The Morgan fingerprint density at radius 3 is 2.59 bits per heavy atom. The third-order valence-electron chi connectivity index (χ3n) is 3.59. The molecule has 0 aliphatic rings. The molecular weight excluding hydrogens is 374 g/mol. The van der Waals surface area contributed by atoms with Crippen molar-refractivity contribution in [2.45, 2.75) is 20.1 Å². The molecule has 0 bridgehead atoms. The molecule has 0 saturated heterocycles. The van der Waals surface area contributed by atoms with E-state index in [9.17, 15) is 18.4 Å². The average Bonchev–Trinajstić information content (AvgIpc) is 3.16. The molecule has 0 aliphatic heterocycles. The number of likely N-dealkylation sites (N-methyl/N-ethyl adjacent to an activating group) is 1. The van der Waals surface area contributed by atoms with Gasteiger partial charge in [0.2, 0.25) is 11.8 Å². The molecule has 0 spiro atoms. The molecule has 0 radical (unpaired) electrons. The van der Waals surface area contributed by atoms with Crippen LogP contribution in [0.2, 0.25) is 0 Å². The van der Waals surface area contributed by atoms with Gasteiger partial charge in [-0.05, 0) is 42.1 Å². The predicted octanol–water partition coefficient (Wildman–Crippen LogP) is 3.53. The number of halogens is 2. The Hall–Kier alpha value is -2.74. The minimum Gasteiger partial charge on any atom is -0.435 e. The molecule has 2 amide bonds. The fourth-order valence-corrected chi connectivity index (χ4v) is 2.85. The molecule has 5 nitrogen and oxygen atoms in total. The van der Waals surface area contributed by atoms with Gasteiger partial charge in [0.15, 0.2) is 0 Å². The number of benzene rings is 1. The largest absolute Gasteiger partial charge is 0.435 e. The molecule has 144 valence electrons. The van der Waals surface area contributed by atoms with E-state index in [1.165, 1.54) is 23.1 Å². The van der Waals surface area contributed by atoms with E-state index in [1.807, 2.05) is 17.5 Å². The first-order valence-corrected chi connectivity index (χ1v) is 9.17. The molecule has 0 saturated carbocycles. The lowest BCUT2D eigenvalue weighted by Crippen LogP contribution is -2.39. The van der Waals surface area contributed by atoms with Crippen molar-refractivity contribution < 1.29 is 23.1 Å². The van der Waals surface area contributed by atoms with E-state index in [-0.39, 0.29) is 24.1 Å². The van der Waals surface area contributed by atoms with E-state index in [0.717, 1.165) is 4.88 Å². The quantitative estimate of drug-likeness (QED) is 0.662. The third-order valence-corrected chi connectivity index (χ3v) is 4.47. The zero-order chi connectivity index (χ0) is 19.6. The third kappa shape index (κ3) is 7.18. The molecule has 2 aromatic rings. The summed E-state index contributed by atoms with van der Waals surface area (Å²) in [5, 5.41) is 4.71. The van der Waals surface area contributed by atoms with Gasteiger partial charge in [-0.1, -0.05) is 18.2 Å². The highest BCUT2D eigenvalue weighted by atomic mass is 32.1. The molecule has 2 rings (SSSR count). The smallest absolute Gasteiger partial charge is 0.387 e. The van der Waals surface area contributed by atoms with Crippen LogP contribution in [-0.4, -0.2) is 36.4 Å². The number of nitrogens with one attached hydrogen (secondary N) is 1. The minimum absolute atomic E-state index is 0.0355. The number of thiophene rings is 1. The molecule has 0 fully saturated rings. The normalized spacial score (nSPS) is 11.0. The first-order valence-electron chi connectivity index (χ1n) is 8.29. The van der Waals surface area contributed by atoms with Crippen LogP contribution < -0.4 is 10.1 Å². The van der Waals surface area contributed by atoms with E-state index in [2.05, 4.69) is 10.1 Å². The maximum absolute atomic E-state index is 12.3. The van der Waals surface area contributed by atoms with Crippen molar-refractivity contribution in [3.05, 3.63) is 58.3 Å². The number of hydrogen-bond acceptors (Lipinski definition) is 4. The van der Waals surface area contributed by atoms with E-state index in [1.54, 1.807) is 36.5 Å². The number of hydrogen-bond donors (Lipinski definition) is 1. The number of carbonyl (C=O) groups is 2. The van der Waals surface area contributed by atoms with Crippen LogP contribution in [0.4, 0.5) is 8.78 Å². The van der Waals surface area contributed by atoms with Crippen LogP contribution in [0.25, 0.3) is 6.08 Å². The standard InChI is InChI=1S/C19H20F2N2O3S/c1-2-23(13-17(24)22-12-16-4-3-11-27-16)18(25)10-7-14-5-8-15(9-6-14)26-19(20)21/h3-11,19H,2,12-13H2,1H3,(H,22,24)/b10-7+. The van der Waals surface area contributed by atoms with Gasteiger partial charge in [0.05, 0.1) is 13.1 Å². The second-order valence-corrected chi connectivity index (χ2v) is 6.52. The first kappa shape index (κ1) is 20.6. The van der Waals surface area contributed by atoms with Crippen molar-refractivity contribution in [1.29, 1.82) is 0 Å². The summed E-state index contributed by atoms with van der Waals surface area (Å²) in [7, 11) is 0. The van der Waals surface area contributed by atoms with Crippen LogP contribution >= 0.6 is 11.3 Å². The van der Waals surface area contributed by atoms with Gasteiger partial charge in [0.25, 0.3) is 0 Å². The molecular formula is C19H20F2N2O3S. The summed E-state index contributed by atoms with van der Waals surface area (Å²) in [6.45, 7) is -0.305. The topological polar surface area (TPSA) is 58.6 Å². The van der Waals surface area contributed by atoms with Gasteiger partial charge in [-0.25, -0.2) is 0 Å². The summed E-state index contributed by atoms with van der Waals surface area (Å²) in [4.78, 5) is 26.7. The molecule has 8 heteroatoms. The van der Waals surface area contributed by atoms with E-state index in [4.69, 9.17) is 0 Å². The van der Waals surface area contributed by atoms with E-state index >= 15 is 0 Å². The summed E-state index contributed by atoms with van der Waals surface area (Å²) in [5.41, 5.74) is 0.656. The molecule has 0 unspecified atom stereocenters. The molecule has 0 aliphatic carbocycles. The van der Waals surface area contributed by atoms with Gasteiger partial charge in [-0.15, -0.1) is 11.3 Å². The second-order valence-electron chi connectivity index (χ2n) is 5.49. The van der Waals surface area contributed by atoms with Crippen LogP contribution in [0.1, 0.15) is 17.4 Å². The molecule has 1 N–H and O–H groups in total. The number of alkyl halides is 2. The van der Waals surface area contributed by atoms with Gasteiger partial charge in [0, 0.05) is 17.5 Å². The SMILES string of the molecule is CCN(CC(=O)NCc1cccs1)C(=O)/C=C/c1ccc(OC(F)F)cc1. The van der Waals surface area contributed by atoms with Crippen molar-refractivity contribution >= 4 is 29.2 Å². The van der Waals surface area contributed by atoms with Gasteiger partial charge < -0.3 is 15.0 Å². The summed E-state index contributed by atoms with van der Waals surface area (Å²) >= 11 is 1.55. The molecule has 1 aromatic heterocycles. The van der Waals surface area contributed by atoms with Crippen molar-refractivity contribution in [3.8, 4) is 5.75 Å². The van der Waals surface area contributed by atoms with Crippen molar-refractivity contribution in [1.82, 2.24) is 10.2 Å². The van der Waals surface area contributed by atoms with E-state index < -0.39 is 6.61 Å². The Kier molecular flexibility index (Phi) is 7.94. The minimum atomic E-state index is -2.88. The van der Waals surface area contributed by atoms with Crippen LogP contribution in [0.3, 0.4) is 0 Å². The maximum Gasteiger partial charge on any atom is 0.387 e. The Labute approximate surface area is 160 Å². The van der Waals surface area contributed by atoms with Crippen LogP contribution in [0, 0.1) is 0 Å². The van der Waals surface area contributed by atoms with Crippen LogP contribution in [-0.2, 0) is 16.1 Å². The highest BCUT2D eigenvalue weighted by Gasteiger charge is 2.13. The van der Waals surface area contributed by atoms with E-state index in [0.29, 0.717) is 18.7 Å². The molecule has 27 heavy (non-hydrogen) atoms. The number of ether oxygens (including phenoxy) is 1. The predicted molar refractivity (Wildman–Crippen MR) is 101 cm³/mol. The highest BCUT2D eigenvalue weighted by molar-refractivity contribution is 7.09. The number of carbonyl (C=O) groups excluding carboxylic acids is 2. The highest BCUT2D eigenvalue weighted by Crippen LogP contribution is 2.15. The van der Waals surface area contributed by atoms with Gasteiger partial charge in [-0.2, -0.15) is 8.78 Å². The van der Waals surface area contributed by atoms with Crippen LogP contribution in [0.5, 0.6) is 5.75 Å². The number of amides is 2. The second kappa shape index (κ2) is 10.4. The Balaban J connectivity index is 1.85. The van der Waals surface area contributed by atoms with Gasteiger partial charge in [0.1, 0.15) is 5.75 Å². The Bertz CT molecular complexity index is 762. The lowest BCUT2D eigenvalue weighted by molar-refractivity contribution is -0.132. The fraction of sp³-hybridized carbons (Fsp3) is 0.263. The Morgan fingerprint density at radius 1 is 1.26 bits per heavy atom. The fourth-order valence-electron chi connectivity index (χ4n) is 2.21. The molecule has 1 aromatic carbocycles. The number of rotatable bonds is 9. The lowest BCUT2D eigenvalue weighted by atomic mass is 10.2. The molecule has 0 atom stereocenters. The van der Waals surface area contributed by atoms with Crippen LogP contribution in [0.15, 0.2) is 47.9 Å². The summed E-state index contributed by atoms with van der Waals surface area (Å²) in [6.07, 6.45) is 2.90. The molecule has 1 heterocycles. The monoisotopic (exact) mass is 394 g/mol. The van der Waals surface area contributed by atoms with Crippen molar-refractivity contribution in [2.75, 3.05) is 13.1 Å². The number of nitrogens with zero attached hydrogens (tertiary/aromatic N) is 1. The van der Waals surface area contributed by atoms with Crippen molar-refractivity contribution in [2.24, 2.45) is 0 Å².